The minimum Gasteiger partial charge on any atom is -0.465 e. The lowest BCUT2D eigenvalue weighted by atomic mass is 9.82. The summed E-state index contributed by atoms with van der Waals surface area (Å²) in [5.74, 6) is 0. The Morgan fingerprint density at radius 2 is 2.31 bits per heavy atom. The second-order valence-electron chi connectivity index (χ2n) is 4.11. The second-order valence-corrected chi connectivity index (χ2v) is 4.11. The van der Waals surface area contributed by atoms with Crippen LogP contribution in [0.2, 0.25) is 0 Å². The average Bonchev–Trinajstić information content (AvgIpc) is 2.51. The van der Waals surface area contributed by atoms with E-state index in [1.54, 1.807) is 0 Å². The van der Waals surface area contributed by atoms with E-state index < -0.39 is 6.09 Å². The zero-order valence-electron chi connectivity index (χ0n) is 7.66. The number of nitrogens with zero attached hydrogens (tertiary/aromatic N) is 1. The molecule has 2 heterocycles. The van der Waals surface area contributed by atoms with Gasteiger partial charge in [-0.3, -0.25) is 0 Å². The van der Waals surface area contributed by atoms with Crippen molar-refractivity contribution < 1.29 is 14.6 Å². The van der Waals surface area contributed by atoms with Gasteiger partial charge in [0.05, 0.1) is 6.61 Å². The molecule has 0 aromatic rings. The number of likely N-dealkylation sites (tertiary alicyclic amines) is 1. The lowest BCUT2D eigenvalue weighted by Gasteiger charge is -2.32. The molecule has 4 heteroatoms. The van der Waals surface area contributed by atoms with E-state index in [1.165, 1.54) is 4.90 Å². The maximum Gasteiger partial charge on any atom is 0.407 e. The van der Waals surface area contributed by atoms with E-state index in [-0.39, 0.29) is 5.41 Å². The largest absolute Gasteiger partial charge is 0.465 e. The highest BCUT2D eigenvalue weighted by atomic mass is 16.5. The molecule has 1 spiro atoms. The van der Waals surface area contributed by atoms with Gasteiger partial charge in [0.15, 0.2) is 0 Å². The fraction of sp³-hybridized carbons (Fsp3) is 0.889. The van der Waals surface area contributed by atoms with Gasteiger partial charge in [0.25, 0.3) is 0 Å². The van der Waals surface area contributed by atoms with Crippen LogP contribution < -0.4 is 0 Å². The molecular weight excluding hydrogens is 170 g/mol. The maximum absolute atomic E-state index is 10.7. The molecule has 0 aliphatic carbocycles. The molecule has 2 fully saturated rings. The van der Waals surface area contributed by atoms with Crippen LogP contribution in [-0.2, 0) is 4.74 Å². The van der Waals surface area contributed by atoms with Gasteiger partial charge in [-0.05, 0) is 19.3 Å². The van der Waals surface area contributed by atoms with Crippen molar-refractivity contribution in [2.24, 2.45) is 5.41 Å². The summed E-state index contributed by atoms with van der Waals surface area (Å²) in [5, 5.41) is 8.81. The number of rotatable bonds is 0. The molecule has 0 aromatic heterocycles. The van der Waals surface area contributed by atoms with Crippen LogP contribution in [0.15, 0.2) is 0 Å². The van der Waals surface area contributed by atoms with Crippen molar-refractivity contribution in [3.8, 4) is 0 Å². The summed E-state index contributed by atoms with van der Waals surface area (Å²) in [6, 6.07) is 0. The molecule has 2 saturated heterocycles. The Balaban J connectivity index is 1.98. The Bertz CT molecular complexity index is 211. The predicted octanol–water partition coefficient (Wildman–Crippen LogP) is 1.17. The molecule has 13 heavy (non-hydrogen) atoms. The fourth-order valence-corrected chi connectivity index (χ4v) is 2.33. The first-order chi connectivity index (χ1) is 6.22. The number of hydrogen-bond acceptors (Lipinski definition) is 2. The second kappa shape index (κ2) is 3.18. The molecular formula is C9H15NO3. The molecule has 74 valence electrons. The number of amides is 1. The molecule has 0 bridgehead atoms. The minimum atomic E-state index is -0.789. The molecule has 1 N–H and O–H groups in total. The molecule has 1 unspecified atom stereocenters. The van der Waals surface area contributed by atoms with Gasteiger partial charge in [-0.25, -0.2) is 4.79 Å². The van der Waals surface area contributed by atoms with Crippen LogP contribution in [-0.4, -0.2) is 42.4 Å². The summed E-state index contributed by atoms with van der Waals surface area (Å²) in [5.41, 5.74) is 0.149. The number of carbonyl (C=O) groups is 1. The summed E-state index contributed by atoms with van der Waals surface area (Å²) in [7, 11) is 0. The van der Waals surface area contributed by atoms with Crippen molar-refractivity contribution in [3.63, 3.8) is 0 Å². The molecule has 1 amide bonds. The van der Waals surface area contributed by atoms with Crippen LogP contribution in [0.5, 0.6) is 0 Å². The third-order valence-corrected chi connectivity index (χ3v) is 3.11. The van der Waals surface area contributed by atoms with Gasteiger partial charge in [0, 0.05) is 25.1 Å². The highest BCUT2D eigenvalue weighted by Crippen LogP contribution is 2.37. The van der Waals surface area contributed by atoms with Crippen molar-refractivity contribution in [1.82, 2.24) is 4.90 Å². The van der Waals surface area contributed by atoms with Gasteiger partial charge in [0.1, 0.15) is 0 Å². The first-order valence-electron chi connectivity index (χ1n) is 4.78. The summed E-state index contributed by atoms with van der Waals surface area (Å²) >= 11 is 0. The smallest absolute Gasteiger partial charge is 0.407 e. The van der Waals surface area contributed by atoms with Gasteiger partial charge < -0.3 is 14.7 Å². The first kappa shape index (κ1) is 8.81. The normalized spacial score (nSPS) is 34.0. The zero-order chi connectivity index (χ0) is 9.31. The van der Waals surface area contributed by atoms with Crippen LogP contribution >= 0.6 is 0 Å². The first-order valence-corrected chi connectivity index (χ1v) is 4.78. The molecule has 0 saturated carbocycles. The molecule has 4 nitrogen and oxygen atoms in total. The number of ether oxygens (including phenoxy) is 1. The fourth-order valence-electron chi connectivity index (χ4n) is 2.33. The molecule has 2 aliphatic rings. The van der Waals surface area contributed by atoms with Crippen molar-refractivity contribution in [1.29, 1.82) is 0 Å². The Kier molecular flexibility index (Phi) is 2.15. The van der Waals surface area contributed by atoms with Gasteiger partial charge >= 0.3 is 6.09 Å². The highest BCUT2D eigenvalue weighted by molar-refractivity contribution is 5.65. The van der Waals surface area contributed by atoms with Gasteiger partial charge in [-0.2, -0.15) is 0 Å². The number of carboxylic acid groups (broad SMARTS) is 1. The molecule has 2 rings (SSSR count). The van der Waals surface area contributed by atoms with Crippen molar-refractivity contribution in [2.45, 2.75) is 19.3 Å². The van der Waals surface area contributed by atoms with Crippen LogP contribution in [0.4, 0.5) is 4.79 Å². The van der Waals surface area contributed by atoms with Crippen molar-refractivity contribution >= 4 is 6.09 Å². The van der Waals surface area contributed by atoms with Crippen molar-refractivity contribution in [3.05, 3.63) is 0 Å². The summed E-state index contributed by atoms with van der Waals surface area (Å²) in [6.07, 6.45) is 2.38. The van der Waals surface area contributed by atoms with E-state index in [4.69, 9.17) is 9.84 Å². The lowest BCUT2D eigenvalue weighted by molar-refractivity contribution is -0.00142. The predicted molar refractivity (Wildman–Crippen MR) is 46.7 cm³/mol. The quantitative estimate of drug-likeness (QED) is 0.616. The average molecular weight is 185 g/mol. The van der Waals surface area contributed by atoms with E-state index in [2.05, 4.69) is 0 Å². The van der Waals surface area contributed by atoms with E-state index >= 15 is 0 Å². The summed E-state index contributed by atoms with van der Waals surface area (Å²) in [6.45, 7) is 2.94. The van der Waals surface area contributed by atoms with Crippen molar-refractivity contribution in [2.75, 3.05) is 26.3 Å². The van der Waals surface area contributed by atoms with E-state index in [9.17, 15) is 4.79 Å². The third kappa shape index (κ3) is 1.63. The summed E-state index contributed by atoms with van der Waals surface area (Å²) in [4.78, 5) is 12.2. The highest BCUT2D eigenvalue weighted by Gasteiger charge is 2.41. The monoisotopic (exact) mass is 185 g/mol. The van der Waals surface area contributed by atoms with E-state index in [0.29, 0.717) is 13.1 Å². The van der Waals surface area contributed by atoms with Crippen LogP contribution in [0, 0.1) is 5.41 Å². The Hall–Kier alpha value is -0.770. The van der Waals surface area contributed by atoms with Gasteiger partial charge in [-0.1, -0.05) is 0 Å². The Labute approximate surface area is 77.5 Å². The SMILES string of the molecule is O=C(O)N1CCC2(CCCOC2)C1. The van der Waals surface area contributed by atoms with E-state index in [1.807, 2.05) is 0 Å². The molecule has 0 radical (unpaired) electrons. The standard InChI is InChI=1S/C9H15NO3/c11-8(12)10-4-3-9(6-10)2-1-5-13-7-9/h1-7H2,(H,11,12). The molecule has 0 aromatic carbocycles. The van der Waals surface area contributed by atoms with Gasteiger partial charge in [0.2, 0.25) is 0 Å². The van der Waals surface area contributed by atoms with Crippen LogP contribution in [0.25, 0.3) is 0 Å². The topological polar surface area (TPSA) is 49.8 Å². The third-order valence-electron chi connectivity index (χ3n) is 3.11. The Morgan fingerprint density at radius 1 is 1.46 bits per heavy atom. The molecule has 2 aliphatic heterocycles. The zero-order valence-corrected chi connectivity index (χ0v) is 7.66. The summed E-state index contributed by atoms with van der Waals surface area (Å²) < 4.78 is 5.42. The van der Waals surface area contributed by atoms with Crippen LogP contribution in [0.1, 0.15) is 19.3 Å². The van der Waals surface area contributed by atoms with Gasteiger partial charge in [-0.15, -0.1) is 0 Å². The minimum absolute atomic E-state index is 0.149. The maximum atomic E-state index is 10.7. The van der Waals surface area contributed by atoms with E-state index in [0.717, 1.165) is 32.5 Å². The lowest BCUT2D eigenvalue weighted by Crippen LogP contribution is -2.36. The van der Waals surface area contributed by atoms with Crippen LogP contribution in [0.3, 0.4) is 0 Å². The molecule has 1 atom stereocenters. The Morgan fingerprint density at radius 3 is 2.85 bits per heavy atom. The number of hydrogen-bond donors (Lipinski definition) is 1.